The number of esters is 2. The molecule has 27 heavy (non-hydrogen) atoms. The molecule has 3 aromatic rings. The van der Waals surface area contributed by atoms with Crippen molar-refractivity contribution in [1.29, 1.82) is 0 Å². The number of carbonyl (C=O) groups is 2. The number of nitrogens with zero attached hydrogens (tertiary/aromatic N) is 2. The maximum atomic E-state index is 12.1. The van der Waals surface area contributed by atoms with Crippen molar-refractivity contribution in [2.24, 2.45) is 0 Å². The summed E-state index contributed by atoms with van der Waals surface area (Å²) < 4.78 is 9.53. The standard InChI is InChI=1S/C20H15N3O4/c1-4-12-6-5-7-13(8-12)23-18-16-9-14(19(24)26-2)15(20(25)27-3)10-17(16)21-11-22-18/h1,5-11H,2-3H3,(H,21,22,23). The number of methoxy groups -OCH3 is 2. The van der Waals surface area contributed by atoms with Gasteiger partial charge in [0.1, 0.15) is 12.1 Å². The molecule has 7 nitrogen and oxygen atoms in total. The summed E-state index contributed by atoms with van der Waals surface area (Å²) in [7, 11) is 2.47. The minimum absolute atomic E-state index is 0.0621. The van der Waals surface area contributed by atoms with E-state index in [1.54, 1.807) is 12.1 Å². The second-order valence-corrected chi connectivity index (χ2v) is 5.47. The van der Waals surface area contributed by atoms with Gasteiger partial charge < -0.3 is 14.8 Å². The zero-order valence-corrected chi connectivity index (χ0v) is 14.6. The molecule has 0 bridgehead atoms. The monoisotopic (exact) mass is 361 g/mol. The van der Waals surface area contributed by atoms with E-state index in [0.29, 0.717) is 22.3 Å². The number of fused-ring (bicyclic) bond motifs is 1. The smallest absolute Gasteiger partial charge is 0.338 e. The Morgan fingerprint density at radius 3 is 2.41 bits per heavy atom. The summed E-state index contributed by atoms with van der Waals surface area (Å²) in [6.07, 6.45) is 6.79. The number of terminal acetylenes is 1. The van der Waals surface area contributed by atoms with Crippen molar-refractivity contribution < 1.29 is 19.1 Å². The van der Waals surface area contributed by atoms with Gasteiger partial charge in [0.15, 0.2) is 0 Å². The van der Waals surface area contributed by atoms with Crippen molar-refractivity contribution in [2.45, 2.75) is 0 Å². The van der Waals surface area contributed by atoms with E-state index in [-0.39, 0.29) is 11.1 Å². The predicted molar refractivity (Wildman–Crippen MR) is 99.9 cm³/mol. The average molecular weight is 361 g/mol. The molecule has 0 aliphatic carbocycles. The summed E-state index contributed by atoms with van der Waals surface area (Å²) in [4.78, 5) is 32.6. The van der Waals surface area contributed by atoms with E-state index in [1.807, 2.05) is 12.1 Å². The van der Waals surface area contributed by atoms with Crippen LogP contribution in [0.5, 0.6) is 0 Å². The van der Waals surface area contributed by atoms with Crippen LogP contribution < -0.4 is 5.32 Å². The van der Waals surface area contributed by atoms with E-state index >= 15 is 0 Å². The molecule has 0 amide bonds. The van der Waals surface area contributed by atoms with Crippen LogP contribution in [0.4, 0.5) is 11.5 Å². The highest BCUT2D eigenvalue weighted by Gasteiger charge is 2.21. The molecule has 0 saturated heterocycles. The van der Waals surface area contributed by atoms with E-state index < -0.39 is 11.9 Å². The highest BCUT2D eigenvalue weighted by Crippen LogP contribution is 2.27. The number of nitrogens with one attached hydrogen (secondary N) is 1. The summed E-state index contributed by atoms with van der Waals surface area (Å²) in [5, 5.41) is 3.69. The molecular weight excluding hydrogens is 346 g/mol. The van der Waals surface area contributed by atoms with Crippen molar-refractivity contribution in [2.75, 3.05) is 19.5 Å². The molecule has 0 atom stereocenters. The number of hydrogen-bond donors (Lipinski definition) is 1. The Balaban J connectivity index is 2.16. The summed E-state index contributed by atoms with van der Waals surface area (Å²) in [6, 6.07) is 10.2. The molecular formula is C20H15N3O4. The van der Waals surface area contributed by atoms with Gasteiger partial charge in [-0.25, -0.2) is 19.6 Å². The van der Waals surface area contributed by atoms with Crippen LogP contribution in [-0.4, -0.2) is 36.1 Å². The predicted octanol–water partition coefficient (Wildman–Crippen LogP) is 2.93. The van der Waals surface area contributed by atoms with Gasteiger partial charge >= 0.3 is 11.9 Å². The van der Waals surface area contributed by atoms with Gasteiger partial charge in [-0.3, -0.25) is 0 Å². The lowest BCUT2D eigenvalue weighted by molar-refractivity contribution is 0.0555. The van der Waals surface area contributed by atoms with Gasteiger partial charge in [0.25, 0.3) is 0 Å². The summed E-state index contributed by atoms with van der Waals surface area (Å²) in [5.74, 6) is 1.69. The lowest BCUT2D eigenvalue weighted by Crippen LogP contribution is -2.12. The normalized spacial score (nSPS) is 10.1. The fourth-order valence-corrected chi connectivity index (χ4v) is 2.58. The SMILES string of the molecule is C#Cc1cccc(Nc2ncnc3cc(C(=O)OC)c(C(=O)OC)cc23)c1. The van der Waals surface area contributed by atoms with Gasteiger partial charge in [-0.05, 0) is 30.3 Å². The molecule has 1 N–H and O–H groups in total. The van der Waals surface area contributed by atoms with E-state index in [1.165, 1.54) is 32.7 Å². The van der Waals surface area contributed by atoms with Gasteiger partial charge in [0, 0.05) is 16.6 Å². The Labute approximate surface area is 155 Å². The number of rotatable bonds is 4. The van der Waals surface area contributed by atoms with Crippen molar-refractivity contribution >= 4 is 34.3 Å². The minimum Gasteiger partial charge on any atom is -0.465 e. The third-order valence-corrected chi connectivity index (χ3v) is 3.88. The summed E-state index contributed by atoms with van der Waals surface area (Å²) in [5.41, 5.74) is 2.03. The Morgan fingerprint density at radius 2 is 1.74 bits per heavy atom. The molecule has 1 aromatic heterocycles. The van der Waals surface area contributed by atoms with Crippen molar-refractivity contribution in [3.63, 3.8) is 0 Å². The lowest BCUT2D eigenvalue weighted by atomic mass is 10.0. The van der Waals surface area contributed by atoms with Crippen molar-refractivity contribution in [1.82, 2.24) is 9.97 Å². The highest BCUT2D eigenvalue weighted by atomic mass is 16.5. The second-order valence-electron chi connectivity index (χ2n) is 5.47. The molecule has 0 saturated carbocycles. The minimum atomic E-state index is -0.665. The Bertz CT molecular complexity index is 1090. The average Bonchev–Trinajstić information content (AvgIpc) is 2.72. The second kappa shape index (κ2) is 7.54. The van der Waals surface area contributed by atoms with Crippen LogP contribution in [0, 0.1) is 12.3 Å². The molecule has 134 valence electrons. The molecule has 0 aliphatic rings. The maximum Gasteiger partial charge on any atom is 0.338 e. The van der Waals surface area contributed by atoms with E-state index in [2.05, 4.69) is 21.2 Å². The van der Waals surface area contributed by atoms with Crippen LogP contribution in [0.1, 0.15) is 26.3 Å². The molecule has 2 aromatic carbocycles. The van der Waals surface area contributed by atoms with E-state index in [9.17, 15) is 9.59 Å². The molecule has 7 heteroatoms. The van der Waals surface area contributed by atoms with Crippen LogP contribution in [-0.2, 0) is 9.47 Å². The van der Waals surface area contributed by atoms with Crippen molar-refractivity contribution in [3.05, 3.63) is 59.4 Å². The first-order chi connectivity index (χ1) is 13.1. The topological polar surface area (TPSA) is 90.4 Å². The number of hydrogen-bond acceptors (Lipinski definition) is 7. The van der Waals surface area contributed by atoms with Crippen LogP contribution >= 0.6 is 0 Å². The van der Waals surface area contributed by atoms with E-state index in [4.69, 9.17) is 15.9 Å². The first-order valence-electron chi connectivity index (χ1n) is 7.86. The largest absolute Gasteiger partial charge is 0.465 e. The van der Waals surface area contributed by atoms with Gasteiger partial charge in [0.05, 0.1) is 30.9 Å². The third-order valence-electron chi connectivity index (χ3n) is 3.88. The summed E-state index contributed by atoms with van der Waals surface area (Å²) >= 11 is 0. The third kappa shape index (κ3) is 3.55. The first-order valence-corrected chi connectivity index (χ1v) is 7.86. The Hall–Kier alpha value is -3.92. The number of carbonyl (C=O) groups excluding carboxylic acids is 2. The fourth-order valence-electron chi connectivity index (χ4n) is 2.58. The number of anilines is 2. The fraction of sp³-hybridized carbons (Fsp3) is 0.100. The molecule has 0 spiro atoms. The molecule has 3 rings (SSSR count). The van der Waals surface area contributed by atoms with Crippen LogP contribution in [0.2, 0.25) is 0 Å². The van der Waals surface area contributed by atoms with E-state index in [0.717, 1.165) is 5.69 Å². The van der Waals surface area contributed by atoms with Gasteiger partial charge in [0.2, 0.25) is 0 Å². The van der Waals surface area contributed by atoms with Crippen molar-refractivity contribution in [3.8, 4) is 12.3 Å². The van der Waals surface area contributed by atoms with Crippen LogP contribution in [0.3, 0.4) is 0 Å². The zero-order chi connectivity index (χ0) is 19.4. The van der Waals surface area contributed by atoms with Gasteiger partial charge in [-0.15, -0.1) is 6.42 Å². The zero-order valence-electron chi connectivity index (χ0n) is 14.6. The van der Waals surface area contributed by atoms with Crippen LogP contribution in [0.25, 0.3) is 10.9 Å². The molecule has 0 radical (unpaired) electrons. The first kappa shape index (κ1) is 17.9. The Kier molecular flexibility index (Phi) is 4.99. The number of benzene rings is 2. The number of aromatic nitrogens is 2. The quantitative estimate of drug-likeness (QED) is 0.564. The maximum absolute atomic E-state index is 12.1. The molecule has 0 unspecified atom stereocenters. The molecule has 1 heterocycles. The lowest BCUT2D eigenvalue weighted by Gasteiger charge is -2.12. The van der Waals surface area contributed by atoms with Gasteiger partial charge in [-0.1, -0.05) is 12.0 Å². The van der Waals surface area contributed by atoms with Gasteiger partial charge in [-0.2, -0.15) is 0 Å². The summed E-state index contributed by atoms with van der Waals surface area (Å²) in [6.45, 7) is 0. The molecule has 0 fully saturated rings. The Morgan fingerprint density at radius 1 is 1.04 bits per heavy atom. The van der Waals surface area contributed by atoms with Crippen LogP contribution in [0.15, 0.2) is 42.7 Å². The highest BCUT2D eigenvalue weighted by molar-refractivity contribution is 6.08. The number of ether oxygens (including phenoxy) is 2. The molecule has 0 aliphatic heterocycles.